The van der Waals surface area contributed by atoms with Gasteiger partial charge in [-0.2, -0.15) is 0 Å². The monoisotopic (exact) mass is 302 g/mol. The lowest BCUT2D eigenvalue weighted by molar-refractivity contribution is -0.143. The molecule has 1 N–H and O–H groups in total. The molecule has 3 rings (SSSR count). The number of carbonyl (C=O) groups excluding carboxylic acids is 2. The number of alkyl halides is 2. The molecule has 2 amide bonds. The maximum atomic E-state index is 13.7. The summed E-state index contributed by atoms with van der Waals surface area (Å²) in [6, 6.07) is -0.714. The number of rotatable bonds is 1. The smallest absolute Gasteiger partial charge is 0.259 e. The van der Waals surface area contributed by atoms with Gasteiger partial charge in [0.05, 0.1) is 12.0 Å². The molecule has 118 valence electrons. The van der Waals surface area contributed by atoms with Crippen LogP contribution >= 0.6 is 0 Å². The van der Waals surface area contributed by atoms with Gasteiger partial charge in [0.1, 0.15) is 6.04 Å². The van der Waals surface area contributed by atoms with Gasteiger partial charge in [-0.1, -0.05) is 6.92 Å². The van der Waals surface area contributed by atoms with E-state index in [4.69, 9.17) is 0 Å². The van der Waals surface area contributed by atoms with Crippen molar-refractivity contribution < 1.29 is 23.5 Å². The minimum absolute atomic E-state index is 0.0423. The van der Waals surface area contributed by atoms with Crippen LogP contribution < -0.4 is 0 Å². The summed E-state index contributed by atoms with van der Waals surface area (Å²) < 4.78 is 27.4. The number of aliphatic hydroxyl groups is 1. The van der Waals surface area contributed by atoms with Crippen molar-refractivity contribution in [1.29, 1.82) is 0 Å². The van der Waals surface area contributed by atoms with Gasteiger partial charge in [0.15, 0.2) is 0 Å². The fourth-order valence-electron chi connectivity index (χ4n) is 3.82. The Balaban J connectivity index is 1.71. The minimum Gasteiger partial charge on any atom is -0.391 e. The quantitative estimate of drug-likeness (QED) is 0.766. The second kappa shape index (κ2) is 4.38. The summed E-state index contributed by atoms with van der Waals surface area (Å²) in [7, 11) is 0. The molecule has 4 atom stereocenters. The molecule has 0 bridgehead atoms. The van der Waals surface area contributed by atoms with Gasteiger partial charge in [-0.05, 0) is 6.42 Å². The molecule has 1 saturated carbocycles. The standard InChI is InChI=1S/C14H20F2N2O3/c1-8(19)18-6-9(20)5-10(18)12(21)17-4-3-13(2)11(7-17)14(13,15)16/h9-11,20H,3-7H2,1-2H3/t9-,10+,11?,13?/m0/s1. The van der Waals surface area contributed by atoms with Crippen LogP contribution in [0.25, 0.3) is 0 Å². The molecule has 7 heteroatoms. The van der Waals surface area contributed by atoms with Gasteiger partial charge in [-0.15, -0.1) is 0 Å². The molecular formula is C14H20F2N2O3. The van der Waals surface area contributed by atoms with Crippen molar-refractivity contribution >= 4 is 11.8 Å². The third-order valence-corrected chi connectivity index (χ3v) is 5.47. The van der Waals surface area contributed by atoms with E-state index < -0.39 is 29.4 Å². The van der Waals surface area contributed by atoms with Crippen molar-refractivity contribution in [2.75, 3.05) is 19.6 Å². The molecule has 2 heterocycles. The first-order valence-electron chi connectivity index (χ1n) is 7.30. The Labute approximate surface area is 121 Å². The summed E-state index contributed by atoms with van der Waals surface area (Å²) in [6.45, 7) is 3.39. The normalized spacial score (nSPS) is 40.9. The summed E-state index contributed by atoms with van der Waals surface area (Å²) in [4.78, 5) is 26.8. The number of carbonyl (C=O) groups is 2. The Morgan fingerprint density at radius 2 is 1.95 bits per heavy atom. The van der Waals surface area contributed by atoms with Gasteiger partial charge in [-0.25, -0.2) is 8.78 Å². The highest BCUT2D eigenvalue weighted by molar-refractivity contribution is 5.87. The van der Waals surface area contributed by atoms with Crippen LogP contribution in [0.1, 0.15) is 26.7 Å². The highest BCUT2D eigenvalue weighted by Crippen LogP contribution is 2.69. The summed E-state index contributed by atoms with van der Waals surface area (Å²) in [5.41, 5.74) is -0.973. The van der Waals surface area contributed by atoms with E-state index >= 15 is 0 Å². The maximum Gasteiger partial charge on any atom is 0.259 e. The number of aliphatic hydroxyl groups excluding tert-OH is 1. The van der Waals surface area contributed by atoms with Gasteiger partial charge in [0, 0.05) is 38.4 Å². The van der Waals surface area contributed by atoms with Gasteiger partial charge >= 0.3 is 0 Å². The third kappa shape index (κ3) is 1.97. The van der Waals surface area contributed by atoms with Crippen molar-refractivity contribution in [3.63, 3.8) is 0 Å². The van der Waals surface area contributed by atoms with E-state index in [1.165, 1.54) is 16.7 Å². The molecule has 2 saturated heterocycles. The van der Waals surface area contributed by atoms with Crippen molar-refractivity contribution in [2.24, 2.45) is 11.3 Å². The molecule has 0 aromatic heterocycles. The van der Waals surface area contributed by atoms with Crippen molar-refractivity contribution in [2.45, 2.75) is 44.8 Å². The van der Waals surface area contributed by atoms with E-state index in [1.807, 2.05) is 0 Å². The Hall–Kier alpha value is -1.24. The summed E-state index contributed by atoms with van der Waals surface area (Å²) >= 11 is 0. The average molecular weight is 302 g/mol. The minimum atomic E-state index is -2.70. The molecular weight excluding hydrogens is 282 g/mol. The Bertz CT molecular complexity index is 499. The molecule has 0 spiro atoms. The van der Waals surface area contributed by atoms with Crippen molar-refractivity contribution in [3.8, 4) is 0 Å². The molecule has 0 radical (unpaired) electrons. The number of hydrogen-bond donors (Lipinski definition) is 1. The first-order valence-corrected chi connectivity index (χ1v) is 7.30. The third-order valence-electron chi connectivity index (χ3n) is 5.47. The first-order chi connectivity index (χ1) is 9.68. The largest absolute Gasteiger partial charge is 0.391 e. The lowest BCUT2D eigenvalue weighted by Crippen LogP contribution is -2.49. The Morgan fingerprint density at radius 3 is 2.52 bits per heavy atom. The first kappa shape index (κ1) is 14.7. The molecule has 2 unspecified atom stereocenters. The Kier molecular flexibility index (Phi) is 3.06. The molecule has 3 fully saturated rings. The molecule has 0 aromatic carbocycles. The van der Waals surface area contributed by atoms with Gasteiger partial charge in [0.2, 0.25) is 11.8 Å². The van der Waals surface area contributed by atoms with Crippen LogP contribution in [0.5, 0.6) is 0 Å². The van der Waals surface area contributed by atoms with Gasteiger partial charge in [0.25, 0.3) is 5.92 Å². The number of nitrogens with zero attached hydrogens (tertiary/aromatic N) is 2. The lowest BCUT2D eigenvalue weighted by atomic mass is 9.97. The van der Waals surface area contributed by atoms with E-state index in [0.29, 0.717) is 6.54 Å². The predicted octanol–water partition coefficient (Wildman–Crippen LogP) is 0.472. The van der Waals surface area contributed by atoms with Crippen molar-refractivity contribution in [1.82, 2.24) is 9.80 Å². The SMILES string of the molecule is CC(=O)N1C[C@@H](O)C[C@@H]1C(=O)N1CCC2(C)C(C1)C2(F)F. The van der Waals surface area contributed by atoms with Crippen LogP contribution in [0.2, 0.25) is 0 Å². The second-order valence-electron chi connectivity index (χ2n) is 6.70. The van der Waals surface area contributed by atoms with Crippen LogP contribution in [0, 0.1) is 11.3 Å². The van der Waals surface area contributed by atoms with Crippen LogP contribution in [-0.2, 0) is 9.59 Å². The number of fused-ring (bicyclic) bond motifs is 1. The molecule has 21 heavy (non-hydrogen) atoms. The van der Waals surface area contributed by atoms with E-state index in [0.717, 1.165) is 0 Å². The van der Waals surface area contributed by atoms with Crippen LogP contribution in [0.4, 0.5) is 8.78 Å². The average Bonchev–Trinajstić information content (AvgIpc) is 2.73. The number of piperidine rings is 1. The van der Waals surface area contributed by atoms with E-state index in [9.17, 15) is 23.5 Å². The second-order valence-corrected chi connectivity index (χ2v) is 6.70. The van der Waals surface area contributed by atoms with Crippen molar-refractivity contribution in [3.05, 3.63) is 0 Å². The maximum absolute atomic E-state index is 13.7. The van der Waals surface area contributed by atoms with E-state index in [-0.39, 0.29) is 37.7 Å². The van der Waals surface area contributed by atoms with Crippen LogP contribution in [0.3, 0.4) is 0 Å². The number of amides is 2. The molecule has 0 aromatic rings. The van der Waals surface area contributed by atoms with Gasteiger partial charge < -0.3 is 14.9 Å². The number of β-amino-alcohol motifs (C(OH)–C–C–N with tert-alkyl or cyclic N) is 1. The Morgan fingerprint density at radius 1 is 1.29 bits per heavy atom. The number of hydrogen-bond acceptors (Lipinski definition) is 3. The molecule has 5 nitrogen and oxygen atoms in total. The highest BCUT2D eigenvalue weighted by Gasteiger charge is 2.78. The van der Waals surface area contributed by atoms with Gasteiger partial charge in [-0.3, -0.25) is 9.59 Å². The van der Waals surface area contributed by atoms with E-state index in [2.05, 4.69) is 0 Å². The van der Waals surface area contributed by atoms with E-state index in [1.54, 1.807) is 6.92 Å². The molecule has 3 aliphatic rings. The van der Waals surface area contributed by atoms with Crippen LogP contribution in [0.15, 0.2) is 0 Å². The number of halogens is 2. The lowest BCUT2D eigenvalue weighted by Gasteiger charge is -2.33. The zero-order chi connectivity index (χ0) is 15.6. The fourth-order valence-corrected chi connectivity index (χ4v) is 3.82. The van der Waals surface area contributed by atoms with Crippen LogP contribution in [-0.4, -0.2) is 64.4 Å². The summed E-state index contributed by atoms with van der Waals surface area (Å²) in [6.07, 6.45) is -0.251. The molecule has 1 aliphatic carbocycles. The fraction of sp³-hybridized carbons (Fsp3) is 0.857. The topological polar surface area (TPSA) is 60.9 Å². The summed E-state index contributed by atoms with van der Waals surface area (Å²) in [5, 5.41) is 9.67. The molecule has 2 aliphatic heterocycles. The zero-order valence-electron chi connectivity index (χ0n) is 12.2. The number of likely N-dealkylation sites (tertiary alicyclic amines) is 2. The zero-order valence-corrected chi connectivity index (χ0v) is 12.2. The summed E-state index contributed by atoms with van der Waals surface area (Å²) in [5.74, 6) is -4.06. The highest BCUT2D eigenvalue weighted by atomic mass is 19.3. The predicted molar refractivity (Wildman–Crippen MR) is 69.5 cm³/mol.